The van der Waals surface area contributed by atoms with Gasteiger partial charge in [-0.25, -0.2) is 4.39 Å². The summed E-state index contributed by atoms with van der Waals surface area (Å²) < 4.78 is 56.6. The van der Waals surface area contributed by atoms with Crippen molar-refractivity contribution in [3.63, 3.8) is 0 Å². The zero-order valence-corrected chi connectivity index (χ0v) is 23.5. The summed E-state index contributed by atoms with van der Waals surface area (Å²) in [4.78, 5) is 33.2. The fourth-order valence-electron chi connectivity index (χ4n) is 6.38. The van der Waals surface area contributed by atoms with E-state index in [1.54, 1.807) is 49.4 Å². The first-order valence-electron chi connectivity index (χ1n) is 14.1. The first kappa shape index (κ1) is 30.2. The van der Waals surface area contributed by atoms with Crippen LogP contribution in [0.2, 0.25) is 0 Å². The van der Waals surface area contributed by atoms with Gasteiger partial charge < -0.3 is 14.7 Å². The molecule has 5 nitrogen and oxygen atoms in total. The maximum Gasteiger partial charge on any atom is 0.408 e. The third-order valence-electron chi connectivity index (χ3n) is 8.40. The summed E-state index contributed by atoms with van der Waals surface area (Å²) in [6.07, 6.45) is -2.66. The third kappa shape index (κ3) is 6.74. The Morgan fingerprint density at radius 1 is 0.975 bits per heavy atom. The SMILES string of the molecule is Cc1c(F)cccc1[C@@H]1[C@@H](C(=O)N2CCC[C@H]2C(F)(F)F)CN(CCCCN(C)C)C[C@H]1C(=O)c1ccccc1. The third-order valence-corrected chi connectivity index (χ3v) is 8.40. The second-order valence-electron chi connectivity index (χ2n) is 11.4. The van der Waals surface area contributed by atoms with Crippen molar-refractivity contribution < 1.29 is 27.2 Å². The number of amides is 1. The van der Waals surface area contributed by atoms with Crippen LogP contribution in [0.25, 0.3) is 0 Å². The van der Waals surface area contributed by atoms with Gasteiger partial charge in [-0.3, -0.25) is 9.59 Å². The maximum atomic E-state index is 14.8. The number of piperidine rings is 1. The summed E-state index contributed by atoms with van der Waals surface area (Å²) in [5.74, 6) is -3.62. The lowest BCUT2D eigenvalue weighted by Crippen LogP contribution is -2.55. The highest BCUT2D eigenvalue weighted by Gasteiger charge is 2.52. The van der Waals surface area contributed by atoms with Crippen molar-refractivity contribution in [2.24, 2.45) is 11.8 Å². The molecule has 2 aromatic carbocycles. The second-order valence-corrected chi connectivity index (χ2v) is 11.4. The molecule has 0 aromatic heterocycles. The highest BCUT2D eigenvalue weighted by molar-refractivity contribution is 5.99. The van der Waals surface area contributed by atoms with Crippen molar-refractivity contribution in [1.29, 1.82) is 0 Å². The maximum absolute atomic E-state index is 14.8. The normalized spacial score (nSPS) is 24.1. The van der Waals surface area contributed by atoms with Crippen molar-refractivity contribution in [1.82, 2.24) is 14.7 Å². The number of ketones is 1. The summed E-state index contributed by atoms with van der Waals surface area (Å²) in [5, 5.41) is 0. The van der Waals surface area contributed by atoms with E-state index in [0.29, 0.717) is 29.8 Å². The lowest BCUT2D eigenvalue weighted by molar-refractivity contribution is -0.185. The molecular weight excluding hydrogens is 522 g/mol. The number of Topliss-reactive ketones (excluding diaryl/α,β-unsaturated/α-hetero) is 1. The van der Waals surface area contributed by atoms with Crippen LogP contribution >= 0.6 is 0 Å². The van der Waals surface area contributed by atoms with Crippen LogP contribution in [-0.2, 0) is 4.79 Å². The molecule has 2 fully saturated rings. The molecule has 2 aromatic rings. The van der Waals surface area contributed by atoms with Crippen molar-refractivity contribution >= 4 is 11.7 Å². The highest BCUT2D eigenvalue weighted by Crippen LogP contribution is 2.43. The smallest absolute Gasteiger partial charge is 0.330 e. The molecule has 2 aliphatic heterocycles. The lowest BCUT2D eigenvalue weighted by atomic mass is 9.69. The number of halogens is 4. The highest BCUT2D eigenvalue weighted by atomic mass is 19.4. The van der Waals surface area contributed by atoms with Crippen molar-refractivity contribution in [2.75, 3.05) is 46.8 Å². The van der Waals surface area contributed by atoms with E-state index in [1.165, 1.54) is 6.07 Å². The average molecular weight is 562 g/mol. The Kier molecular flexibility index (Phi) is 9.67. The fourth-order valence-corrected chi connectivity index (χ4v) is 6.38. The van der Waals surface area contributed by atoms with Crippen LogP contribution in [0.1, 0.15) is 53.1 Å². The molecule has 0 bridgehead atoms. The van der Waals surface area contributed by atoms with Gasteiger partial charge in [-0.2, -0.15) is 13.2 Å². The monoisotopic (exact) mass is 561 g/mol. The van der Waals surface area contributed by atoms with E-state index in [-0.39, 0.29) is 31.7 Å². The molecule has 0 unspecified atom stereocenters. The number of carbonyl (C=O) groups excluding carboxylic acids is 2. The van der Waals surface area contributed by atoms with Gasteiger partial charge in [0.1, 0.15) is 11.9 Å². The van der Waals surface area contributed by atoms with Crippen LogP contribution in [0.3, 0.4) is 0 Å². The molecule has 40 heavy (non-hydrogen) atoms. The number of nitrogens with zero attached hydrogens (tertiary/aromatic N) is 3. The zero-order chi connectivity index (χ0) is 29.0. The summed E-state index contributed by atoms with van der Waals surface area (Å²) in [6.45, 7) is 3.71. The van der Waals surface area contributed by atoms with Crippen molar-refractivity contribution in [3.8, 4) is 0 Å². The molecule has 218 valence electrons. The number of benzene rings is 2. The van der Waals surface area contributed by atoms with Crippen LogP contribution in [0.15, 0.2) is 48.5 Å². The van der Waals surface area contributed by atoms with E-state index in [4.69, 9.17) is 0 Å². The van der Waals surface area contributed by atoms with Crippen LogP contribution in [0, 0.1) is 24.6 Å². The number of carbonyl (C=O) groups is 2. The number of unbranched alkanes of at least 4 members (excludes halogenated alkanes) is 1. The van der Waals surface area contributed by atoms with Crippen molar-refractivity contribution in [2.45, 2.75) is 50.7 Å². The van der Waals surface area contributed by atoms with Gasteiger partial charge in [0.05, 0.1) is 5.92 Å². The minimum atomic E-state index is -4.53. The molecule has 4 rings (SSSR count). The Balaban J connectivity index is 1.76. The number of hydrogen-bond donors (Lipinski definition) is 0. The average Bonchev–Trinajstić information content (AvgIpc) is 3.43. The lowest BCUT2D eigenvalue weighted by Gasteiger charge is -2.45. The van der Waals surface area contributed by atoms with Gasteiger partial charge in [0.2, 0.25) is 5.91 Å². The fraction of sp³-hybridized carbons (Fsp3) is 0.548. The summed E-state index contributed by atoms with van der Waals surface area (Å²) in [6, 6.07) is 11.5. The van der Waals surface area contributed by atoms with Crippen molar-refractivity contribution in [3.05, 3.63) is 71.0 Å². The van der Waals surface area contributed by atoms with Crippen LogP contribution < -0.4 is 0 Å². The predicted octanol–water partition coefficient (Wildman–Crippen LogP) is 5.54. The summed E-state index contributed by atoms with van der Waals surface area (Å²) >= 11 is 0. The number of hydrogen-bond acceptors (Lipinski definition) is 4. The summed E-state index contributed by atoms with van der Waals surface area (Å²) in [7, 11) is 3.98. The van der Waals surface area contributed by atoms with E-state index in [0.717, 1.165) is 24.3 Å². The van der Waals surface area contributed by atoms with Gasteiger partial charge in [0, 0.05) is 37.0 Å². The molecule has 0 spiro atoms. The quantitative estimate of drug-likeness (QED) is 0.229. The molecule has 0 aliphatic carbocycles. The van der Waals surface area contributed by atoms with E-state index < -0.39 is 41.7 Å². The molecule has 2 aliphatic rings. The number of alkyl halides is 3. The molecule has 2 saturated heterocycles. The largest absolute Gasteiger partial charge is 0.408 e. The number of likely N-dealkylation sites (tertiary alicyclic amines) is 2. The molecule has 4 atom stereocenters. The molecule has 0 radical (unpaired) electrons. The summed E-state index contributed by atoms with van der Waals surface area (Å²) in [5.41, 5.74) is 1.31. The molecular formula is C31H39F4N3O2. The topological polar surface area (TPSA) is 43.9 Å². The Labute approximate surface area is 234 Å². The molecule has 1 amide bonds. The molecule has 2 heterocycles. The van der Waals surface area contributed by atoms with Crippen LogP contribution in [0.5, 0.6) is 0 Å². The Morgan fingerprint density at radius 2 is 1.68 bits per heavy atom. The Hall–Kier alpha value is -2.78. The van der Waals surface area contributed by atoms with Crippen LogP contribution in [0.4, 0.5) is 17.6 Å². The molecule has 0 saturated carbocycles. The van der Waals surface area contributed by atoms with Crippen LogP contribution in [-0.4, -0.2) is 85.4 Å². The van der Waals surface area contributed by atoms with Gasteiger partial charge in [0.15, 0.2) is 5.78 Å². The minimum absolute atomic E-state index is 0.0223. The van der Waals surface area contributed by atoms with Gasteiger partial charge in [-0.1, -0.05) is 42.5 Å². The van der Waals surface area contributed by atoms with Gasteiger partial charge in [-0.15, -0.1) is 0 Å². The van der Waals surface area contributed by atoms with Gasteiger partial charge in [-0.05, 0) is 77.0 Å². The van der Waals surface area contributed by atoms with E-state index in [2.05, 4.69) is 4.90 Å². The Morgan fingerprint density at radius 3 is 2.35 bits per heavy atom. The minimum Gasteiger partial charge on any atom is -0.330 e. The van der Waals surface area contributed by atoms with Gasteiger partial charge >= 0.3 is 6.18 Å². The number of rotatable bonds is 9. The Bertz CT molecular complexity index is 1170. The van der Waals surface area contributed by atoms with Gasteiger partial charge in [0.25, 0.3) is 0 Å². The second kappa shape index (κ2) is 12.8. The zero-order valence-electron chi connectivity index (χ0n) is 23.5. The first-order valence-corrected chi connectivity index (χ1v) is 14.1. The predicted molar refractivity (Wildman–Crippen MR) is 147 cm³/mol. The van der Waals surface area contributed by atoms with E-state index in [9.17, 15) is 27.2 Å². The van der Waals surface area contributed by atoms with E-state index >= 15 is 0 Å². The van der Waals surface area contributed by atoms with E-state index in [1.807, 2.05) is 19.0 Å². The molecule has 9 heteroatoms. The first-order chi connectivity index (χ1) is 19.0. The standard InChI is InChI=1S/C31H39F4N3O2/c1-21-23(13-9-14-26(21)32)28-24(29(39)22-11-5-4-6-12-22)19-37(17-8-7-16-36(2)3)20-25(28)30(40)38-18-10-15-27(38)31(33,34)35/h4-6,9,11-14,24-25,27-28H,7-8,10,15-20H2,1-3H3/t24-,25+,27+,28+/m1/s1. The molecule has 0 N–H and O–H groups in total.